The Hall–Kier alpha value is -2.03. The summed E-state index contributed by atoms with van der Waals surface area (Å²) in [5.41, 5.74) is 1.70. The highest BCUT2D eigenvalue weighted by molar-refractivity contribution is 5.86. The fraction of sp³-hybridized carbons (Fsp3) is 0.214. The number of aryl methyl sites for hydroxylation is 1. The topological polar surface area (TPSA) is 31.2 Å². The molecule has 0 radical (unpaired) electrons. The number of fused-ring (bicyclic) bond motifs is 3. The van der Waals surface area contributed by atoms with Gasteiger partial charge in [-0.15, -0.1) is 0 Å². The van der Waals surface area contributed by atoms with Crippen molar-refractivity contribution < 1.29 is 4.74 Å². The summed E-state index contributed by atoms with van der Waals surface area (Å²) < 4.78 is 7.39. The first kappa shape index (κ1) is 10.1. The summed E-state index contributed by atoms with van der Waals surface area (Å²) in [4.78, 5) is 12.2. The number of nitrogens with zero attached hydrogens (tertiary/aromatic N) is 1. The Kier molecular flexibility index (Phi) is 2.25. The summed E-state index contributed by atoms with van der Waals surface area (Å²) in [5, 5.41) is 1.01. The van der Waals surface area contributed by atoms with Crippen LogP contribution in [0.1, 0.15) is 5.56 Å². The second-order valence-corrected chi connectivity index (χ2v) is 4.18. The molecule has 3 nitrogen and oxygen atoms in total. The number of hydrogen-bond donors (Lipinski definition) is 0. The molecule has 0 unspecified atom stereocenters. The van der Waals surface area contributed by atoms with Crippen LogP contribution in [0.4, 0.5) is 0 Å². The lowest BCUT2D eigenvalue weighted by Gasteiger charge is -2.13. The summed E-state index contributed by atoms with van der Waals surface area (Å²) in [6.07, 6.45) is 4.59. The summed E-state index contributed by atoms with van der Waals surface area (Å²) in [5.74, 6) is 0.744. The van der Waals surface area contributed by atoms with Crippen LogP contribution in [0.25, 0.3) is 10.9 Å². The SMILES string of the molecule is Cn1c(=O)c2c(c3ccccc31)OCC=CC2. The Labute approximate surface area is 98.9 Å². The van der Waals surface area contributed by atoms with Crippen molar-refractivity contribution in [3.8, 4) is 5.75 Å². The second kappa shape index (κ2) is 3.77. The molecule has 0 amide bonds. The van der Waals surface area contributed by atoms with E-state index < -0.39 is 0 Å². The Morgan fingerprint density at radius 1 is 1.24 bits per heavy atom. The predicted octanol–water partition coefficient (Wildman–Crippen LogP) is 2.03. The van der Waals surface area contributed by atoms with E-state index in [0.717, 1.165) is 22.2 Å². The van der Waals surface area contributed by atoms with Gasteiger partial charge in [0.2, 0.25) is 0 Å². The van der Waals surface area contributed by atoms with E-state index in [1.165, 1.54) is 0 Å². The molecule has 1 aromatic carbocycles. The maximum atomic E-state index is 12.2. The Morgan fingerprint density at radius 3 is 2.94 bits per heavy atom. The molecule has 17 heavy (non-hydrogen) atoms. The van der Waals surface area contributed by atoms with Crippen molar-refractivity contribution in [2.45, 2.75) is 6.42 Å². The fourth-order valence-electron chi connectivity index (χ4n) is 2.28. The minimum atomic E-state index is 0.0326. The molecule has 0 fully saturated rings. The molecule has 0 saturated heterocycles. The number of allylic oxidation sites excluding steroid dienone is 1. The molecular weight excluding hydrogens is 214 g/mol. The minimum Gasteiger partial charge on any atom is -0.488 e. The molecule has 1 aliphatic rings. The van der Waals surface area contributed by atoms with E-state index in [9.17, 15) is 4.79 Å². The highest BCUT2D eigenvalue weighted by Crippen LogP contribution is 2.28. The third-order valence-corrected chi connectivity index (χ3v) is 3.16. The van der Waals surface area contributed by atoms with Crippen LogP contribution in [0.15, 0.2) is 41.2 Å². The van der Waals surface area contributed by atoms with E-state index in [0.29, 0.717) is 13.0 Å². The largest absolute Gasteiger partial charge is 0.488 e. The zero-order valence-electron chi connectivity index (χ0n) is 9.64. The number of para-hydroxylation sites is 1. The molecule has 0 atom stereocenters. The van der Waals surface area contributed by atoms with Gasteiger partial charge in [-0.3, -0.25) is 4.79 Å². The molecule has 0 N–H and O–H groups in total. The molecule has 3 heteroatoms. The van der Waals surface area contributed by atoms with Crippen molar-refractivity contribution >= 4 is 10.9 Å². The average Bonchev–Trinajstić information content (AvgIpc) is 2.62. The van der Waals surface area contributed by atoms with Gasteiger partial charge in [-0.05, 0) is 18.6 Å². The van der Waals surface area contributed by atoms with Gasteiger partial charge in [0.25, 0.3) is 5.56 Å². The van der Waals surface area contributed by atoms with Crippen molar-refractivity contribution in [1.82, 2.24) is 4.57 Å². The lowest BCUT2D eigenvalue weighted by Crippen LogP contribution is -2.22. The van der Waals surface area contributed by atoms with Crippen molar-refractivity contribution in [1.29, 1.82) is 0 Å². The van der Waals surface area contributed by atoms with Crippen molar-refractivity contribution in [2.24, 2.45) is 7.05 Å². The zero-order valence-corrected chi connectivity index (χ0v) is 9.64. The molecule has 0 spiro atoms. The molecule has 0 saturated carbocycles. The highest BCUT2D eigenvalue weighted by atomic mass is 16.5. The molecule has 86 valence electrons. The quantitative estimate of drug-likeness (QED) is 0.645. The van der Waals surface area contributed by atoms with Gasteiger partial charge < -0.3 is 9.30 Å². The number of hydrogen-bond acceptors (Lipinski definition) is 2. The molecule has 2 aromatic rings. The van der Waals surface area contributed by atoms with Crippen LogP contribution in [0.2, 0.25) is 0 Å². The summed E-state index contributed by atoms with van der Waals surface area (Å²) in [7, 11) is 1.81. The number of benzene rings is 1. The third kappa shape index (κ3) is 1.46. The van der Waals surface area contributed by atoms with Gasteiger partial charge in [-0.2, -0.15) is 0 Å². The van der Waals surface area contributed by atoms with E-state index in [-0.39, 0.29) is 5.56 Å². The molecule has 0 aliphatic carbocycles. The smallest absolute Gasteiger partial charge is 0.258 e. The first-order chi connectivity index (χ1) is 8.29. The first-order valence-corrected chi connectivity index (χ1v) is 5.67. The summed E-state index contributed by atoms with van der Waals surface area (Å²) in [6.45, 7) is 0.532. The van der Waals surface area contributed by atoms with Gasteiger partial charge in [0.15, 0.2) is 0 Å². The van der Waals surface area contributed by atoms with E-state index in [4.69, 9.17) is 4.74 Å². The molecule has 0 bridgehead atoms. The monoisotopic (exact) mass is 227 g/mol. The van der Waals surface area contributed by atoms with Crippen LogP contribution < -0.4 is 10.3 Å². The van der Waals surface area contributed by atoms with E-state index >= 15 is 0 Å². The maximum absolute atomic E-state index is 12.2. The number of ether oxygens (including phenoxy) is 1. The van der Waals surface area contributed by atoms with Gasteiger partial charge in [-0.1, -0.05) is 24.3 Å². The van der Waals surface area contributed by atoms with Crippen molar-refractivity contribution in [2.75, 3.05) is 6.61 Å². The Bertz CT molecular complexity index is 668. The predicted molar refractivity (Wildman–Crippen MR) is 67.5 cm³/mol. The minimum absolute atomic E-state index is 0.0326. The molecule has 1 aromatic heterocycles. The van der Waals surface area contributed by atoms with Crippen LogP contribution >= 0.6 is 0 Å². The second-order valence-electron chi connectivity index (χ2n) is 4.18. The average molecular weight is 227 g/mol. The van der Waals surface area contributed by atoms with Gasteiger partial charge >= 0.3 is 0 Å². The van der Waals surface area contributed by atoms with Crippen molar-refractivity contribution in [3.05, 3.63) is 52.3 Å². The molecule has 3 rings (SSSR count). The lowest BCUT2D eigenvalue weighted by atomic mass is 10.1. The van der Waals surface area contributed by atoms with Crippen molar-refractivity contribution in [3.63, 3.8) is 0 Å². The Balaban J connectivity index is 2.47. The third-order valence-electron chi connectivity index (χ3n) is 3.16. The van der Waals surface area contributed by atoms with Crippen LogP contribution in [0.5, 0.6) is 5.75 Å². The highest BCUT2D eigenvalue weighted by Gasteiger charge is 2.16. The molecule has 1 aliphatic heterocycles. The van der Waals surface area contributed by atoms with E-state index in [1.807, 2.05) is 36.4 Å². The molecule has 2 heterocycles. The standard InChI is InChI=1S/C14H13NO2/c1-15-12-8-3-2-6-10(12)13-11(14(15)16)7-4-5-9-17-13/h2-6,8H,7,9H2,1H3. The van der Waals surface area contributed by atoms with Crippen LogP contribution in [0.3, 0.4) is 0 Å². The number of aromatic nitrogens is 1. The van der Waals surface area contributed by atoms with Gasteiger partial charge in [0.05, 0.1) is 11.1 Å². The fourth-order valence-corrected chi connectivity index (χ4v) is 2.28. The van der Waals surface area contributed by atoms with E-state index in [1.54, 1.807) is 11.6 Å². The van der Waals surface area contributed by atoms with Crippen LogP contribution in [-0.4, -0.2) is 11.2 Å². The summed E-state index contributed by atoms with van der Waals surface area (Å²) >= 11 is 0. The zero-order chi connectivity index (χ0) is 11.8. The van der Waals surface area contributed by atoms with Gasteiger partial charge in [0, 0.05) is 12.4 Å². The van der Waals surface area contributed by atoms with Gasteiger partial charge in [-0.25, -0.2) is 0 Å². The number of rotatable bonds is 0. The van der Waals surface area contributed by atoms with E-state index in [2.05, 4.69) is 0 Å². The molecular formula is C14H13NO2. The maximum Gasteiger partial charge on any atom is 0.258 e. The van der Waals surface area contributed by atoms with Crippen LogP contribution in [0, 0.1) is 0 Å². The van der Waals surface area contributed by atoms with Gasteiger partial charge in [0.1, 0.15) is 12.4 Å². The van der Waals surface area contributed by atoms with Crippen LogP contribution in [-0.2, 0) is 13.5 Å². The normalized spacial score (nSPS) is 14.2. The lowest BCUT2D eigenvalue weighted by molar-refractivity contribution is 0.366. The first-order valence-electron chi connectivity index (χ1n) is 5.67. The Morgan fingerprint density at radius 2 is 2.06 bits per heavy atom. The summed E-state index contributed by atoms with van der Waals surface area (Å²) in [6, 6.07) is 7.84. The number of pyridine rings is 1.